The van der Waals surface area contributed by atoms with Crippen molar-refractivity contribution >= 4 is 18.5 Å². The van der Waals surface area contributed by atoms with Gasteiger partial charge in [0.25, 0.3) is 0 Å². The quantitative estimate of drug-likeness (QED) is 0.686. The van der Waals surface area contributed by atoms with Crippen LogP contribution in [0.4, 0.5) is 0 Å². The molecule has 0 aliphatic heterocycles. The number of hydrogen-bond donors (Lipinski definition) is 1. The van der Waals surface area contributed by atoms with Crippen LogP contribution in [0.15, 0.2) is 29.2 Å². The molecule has 0 heterocycles. The molecule has 0 bridgehead atoms. The fraction of sp³-hybridized carbons (Fsp3) is 0.143. The van der Waals surface area contributed by atoms with E-state index in [0.29, 0.717) is 18.3 Å². The summed E-state index contributed by atoms with van der Waals surface area (Å²) in [5.74, 6) is 0.477. The Hall–Kier alpha value is -0.805. The summed E-state index contributed by atoms with van der Waals surface area (Å²) in [6.07, 6.45) is 1.59. The van der Waals surface area contributed by atoms with Crippen LogP contribution >= 0.6 is 0 Å². The van der Waals surface area contributed by atoms with Crippen molar-refractivity contribution in [3.05, 3.63) is 24.3 Å². The second kappa shape index (κ2) is 4.28. The van der Waals surface area contributed by atoms with Crippen molar-refractivity contribution in [1.29, 1.82) is 0 Å². The topological polar surface area (TPSA) is 46.5 Å². The molecule has 1 rings (SSSR count). The second-order valence-corrected chi connectivity index (χ2v) is 3.53. The molecule has 0 fully saturated rings. The van der Waals surface area contributed by atoms with Crippen LogP contribution in [0.3, 0.4) is 0 Å². The van der Waals surface area contributed by atoms with Gasteiger partial charge in [0.05, 0.1) is 0 Å². The largest absolute Gasteiger partial charge is 0.569 e. The summed E-state index contributed by atoms with van der Waals surface area (Å²) in [7, 11) is -0.423. The lowest BCUT2D eigenvalue weighted by atomic mass is 10.3. The summed E-state index contributed by atoms with van der Waals surface area (Å²) in [6.45, 7) is 0. The predicted molar refractivity (Wildman–Crippen MR) is 47.4 cm³/mol. The van der Waals surface area contributed by atoms with Gasteiger partial charge in [0.2, 0.25) is 0 Å². The number of benzene rings is 1. The van der Waals surface area contributed by atoms with Gasteiger partial charge < -0.3 is 9.68 Å². The Morgan fingerprint density at radius 1 is 1.58 bits per heavy atom. The van der Waals surface area contributed by atoms with Crippen molar-refractivity contribution < 1.29 is 13.9 Å². The van der Waals surface area contributed by atoms with E-state index in [0.717, 1.165) is 0 Å². The Morgan fingerprint density at radius 3 is 2.92 bits per heavy atom. The van der Waals surface area contributed by atoms with E-state index in [9.17, 15) is 4.21 Å². The van der Waals surface area contributed by atoms with Crippen LogP contribution in [0.2, 0.25) is 0 Å². The zero-order chi connectivity index (χ0) is 8.97. The lowest BCUT2D eigenvalue weighted by Crippen LogP contribution is -2.00. The van der Waals surface area contributed by atoms with Crippen LogP contribution in [0, 0.1) is 0 Å². The molecule has 1 aromatic carbocycles. The average molecular weight is 183 g/mol. The van der Waals surface area contributed by atoms with E-state index >= 15 is 0 Å². The van der Waals surface area contributed by atoms with E-state index < -0.39 is 10.8 Å². The van der Waals surface area contributed by atoms with Crippen LogP contribution in [0.1, 0.15) is 0 Å². The molecule has 0 aliphatic rings. The van der Waals surface area contributed by atoms with Gasteiger partial charge in [-0.05, 0) is 18.2 Å². The molecule has 5 heteroatoms. The second-order valence-electron chi connectivity index (χ2n) is 2.15. The Kier molecular flexibility index (Phi) is 3.31. The van der Waals surface area contributed by atoms with Crippen molar-refractivity contribution in [2.45, 2.75) is 4.90 Å². The molecule has 0 aromatic heterocycles. The smallest absolute Gasteiger partial charge is 0.537 e. The van der Waals surface area contributed by atoms with Gasteiger partial charge in [0.15, 0.2) is 0 Å². The minimum atomic E-state index is -1.02. The molecule has 0 aliphatic carbocycles. The van der Waals surface area contributed by atoms with E-state index in [2.05, 4.69) is 0 Å². The standard InChI is InChI=1S/C7H8BO3S/c1-12(10)7-4-2-3-6(5-7)11-8-9/h2-5,9H,1H3. The van der Waals surface area contributed by atoms with E-state index in [1.54, 1.807) is 30.5 Å². The van der Waals surface area contributed by atoms with Crippen molar-refractivity contribution in [3.8, 4) is 5.75 Å². The Balaban J connectivity index is 2.88. The van der Waals surface area contributed by atoms with Gasteiger partial charge in [-0.1, -0.05) is 6.07 Å². The highest BCUT2D eigenvalue weighted by Gasteiger charge is 1.99. The SMILES string of the molecule is CS(=O)c1cccc(O[B]O)c1. The highest BCUT2D eigenvalue weighted by Crippen LogP contribution is 2.14. The maximum atomic E-state index is 11.0. The van der Waals surface area contributed by atoms with Gasteiger partial charge in [-0.3, -0.25) is 4.21 Å². The lowest BCUT2D eigenvalue weighted by Gasteiger charge is -2.02. The maximum absolute atomic E-state index is 11.0. The third-order valence-corrected chi connectivity index (χ3v) is 2.24. The minimum absolute atomic E-state index is 0.477. The van der Waals surface area contributed by atoms with Crippen molar-refractivity contribution in [2.75, 3.05) is 6.26 Å². The normalized spacial score (nSPS) is 12.2. The van der Waals surface area contributed by atoms with Gasteiger partial charge in [-0.2, -0.15) is 0 Å². The van der Waals surface area contributed by atoms with Crippen molar-refractivity contribution in [3.63, 3.8) is 0 Å². The number of hydrogen-bond acceptors (Lipinski definition) is 3. The van der Waals surface area contributed by atoms with Crippen molar-refractivity contribution in [1.82, 2.24) is 0 Å². The minimum Gasteiger partial charge on any atom is -0.537 e. The van der Waals surface area contributed by atoms with Crippen LogP contribution in [0.25, 0.3) is 0 Å². The number of rotatable bonds is 3. The molecule has 1 atom stereocenters. The molecule has 1 aromatic rings. The first kappa shape index (κ1) is 9.28. The molecular weight excluding hydrogens is 175 g/mol. The van der Waals surface area contributed by atoms with Gasteiger partial charge in [-0.25, -0.2) is 0 Å². The molecule has 1 unspecified atom stereocenters. The Labute approximate surface area is 74.1 Å². The van der Waals surface area contributed by atoms with E-state index in [-0.39, 0.29) is 0 Å². The Morgan fingerprint density at radius 2 is 2.33 bits per heavy atom. The fourth-order valence-electron chi connectivity index (χ4n) is 0.787. The van der Waals surface area contributed by atoms with E-state index in [1.807, 2.05) is 0 Å². The first-order valence-corrected chi connectivity index (χ1v) is 4.86. The third-order valence-electron chi connectivity index (χ3n) is 1.33. The molecule has 1 radical (unpaired) electrons. The molecule has 3 nitrogen and oxygen atoms in total. The molecule has 0 saturated carbocycles. The summed E-state index contributed by atoms with van der Waals surface area (Å²) in [5.41, 5.74) is 0. The van der Waals surface area contributed by atoms with E-state index in [1.165, 1.54) is 0 Å². The molecule has 0 amide bonds. The van der Waals surface area contributed by atoms with Gasteiger partial charge >= 0.3 is 7.69 Å². The monoisotopic (exact) mass is 183 g/mol. The highest BCUT2D eigenvalue weighted by molar-refractivity contribution is 7.84. The highest BCUT2D eigenvalue weighted by atomic mass is 32.2. The third kappa shape index (κ3) is 2.35. The van der Waals surface area contributed by atoms with Crippen LogP contribution in [-0.2, 0) is 10.8 Å². The molecule has 0 saturated heterocycles. The summed E-state index contributed by atoms with van der Waals surface area (Å²) in [5, 5.41) is 8.33. The maximum Gasteiger partial charge on any atom is 0.569 e. The van der Waals surface area contributed by atoms with Crippen LogP contribution in [-0.4, -0.2) is 23.2 Å². The summed E-state index contributed by atoms with van der Waals surface area (Å²) in [4.78, 5) is 0.675. The lowest BCUT2D eigenvalue weighted by molar-refractivity contribution is 0.453. The Bertz CT molecular complexity index is 290. The van der Waals surface area contributed by atoms with Crippen LogP contribution < -0.4 is 4.65 Å². The van der Waals surface area contributed by atoms with Gasteiger partial charge in [-0.15, -0.1) is 0 Å². The summed E-state index contributed by atoms with van der Waals surface area (Å²) in [6, 6.07) is 6.74. The van der Waals surface area contributed by atoms with Crippen LogP contribution in [0.5, 0.6) is 5.75 Å². The van der Waals surface area contributed by atoms with Gasteiger partial charge in [0, 0.05) is 22.0 Å². The zero-order valence-corrected chi connectivity index (χ0v) is 7.38. The summed E-state index contributed by atoms with van der Waals surface area (Å²) < 4.78 is 15.7. The predicted octanol–water partition coefficient (Wildman–Crippen LogP) is 0.329. The van der Waals surface area contributed by atoms with Crippen molar-refractivity contribution in [2.24, 2.45) is 0 Å². The first-order valence-electron chi connectivity index (χ1n) is 3.30. The zero-order valence-electron chi connectivity index (χ0n) is 6.56. The van der Waals surface area contributed by atoms with E-state index in [4.69, 9.17) is 9.68 Å². The fourth-order valence-corrected chi connectivity index (χ4v) is 1.34. The molecule has 1 N–H and O–H groups in total. The molecule has 63 valence electrons. The molecular formula is C7H8BO3S. The average Bonchev–Trinajstić information content (AvgIpc) is 2.05. The molecule has 12 heavy (non-hydrogen) atoms. The molecule has 0 spiro atoms. The first-order chi connectivity index (χ1) is 5.74. The van der Waals surface area contributed by atoms with Gasteiger partial charge in [0.1, 0.15) is 5.75 Å². The summed E-state index contributed by atoms with van der Waals surface area (Å²) >= 11 is 0.